The molecule has 0 heterocycles. The minimum absolute atomic E-state index is 0.111. The van der Waals surface area contributed by atoms with Crippen LogP contribution in [0.4, 0.5) is 0 Å². The Hall–Kier alpha value is -2.68. The third-order valence-corrected chi connectivity index (χ3v) is 4.72. The molecule has 30 heavy (non-hydrogen) atoms. The average molecular weight is 412 g/mol. The summed E-state index contributed by atoms with van der Waals surface area (Å²) in [7, 11) is -1.74. The number of carbonyl (C=O) groups is 2. The van der Waals surface area contributed by atoms with Crippen LogP contribution in [0.15, 0.2) is 54.6 Å². The number of hydrogen-bond donors (Lipinski definition) is 5. The van der Waals surface area contributed by atoms with Gasteiger partial charge in [0.1, 0.15) is 6.04 Å². The molecule has 2 amide bonds. The topological polar surface area (TPSA) is 119 Å². The second kappa shape index (κ2) is 10.9. The summed E-state index contributed by atoms with van der Waals surface area (Å²) >= 11 is 0. The first-order valence-electron chi connectivity index (χ1n) is 10.00. The molecule has 2 aromatic carbocycles. The van der Waals surface area contributed by atoms with E-state index in [1.165, 1.54) is 6.92 Å². The molecule has 0 bridgehead atoms. The first-order valence-corrected chi connectivity index (χ1v) is 10.00. The third-order valence-electron chi connectivity index (χ3n) is 4.72. The van der Waals surface area contributed by atoms with Gasteiger partial charge in [-0.15, -0.1) is 0 Å². The quantitative estimate of drug-likeness (QED) is 0.399. The van der Waals surface area contributed by atoms with Crippen LogP contribution in [0, 0.1) is 5.92 Å². The van der Waals surface area contributed by atoms with Crippen LogP contribution in [0.25, 0.3) is 11.1 Å². The van der Waals surface area contributed by atoms with Crippen molar-refractivity contribution in [3.8, 4) is 11.1 Å². The van der Waals surface area contributed by atoms with Gasteiger partial charge in [0.15, 0.2) is 0 Å². The number of aliphatic hydroxyl groups excluding tert-OH is 1. The lowest BCUT2D eigenvalue weighted by Crippen LogP contribution is -2.57. The molecule has 0 aromatic heterocycles. The Morgan fingerprint density at radius 3 is 1.97 bits per heavy atom. The van der Waals surface area contributed by atoms with Crippen molar-refractivity contribution in [2.24, 2.45) is 5.92 Å². The van der Waals surface area contributed by atoms with Gasteiger partial charge in [-0.2, -0.15) is 0 Å². The molecular formula is C22H29BN2O5. The van der Waals surface area contributed by atoms with Gasteiger partial charge >= 0.3 is 7.12 Å². The van der Waals surface area contributed by atoms with Gasteiger partial charge in [-0.1, -0.05) is 56.3 Å². The van der Waals surface area contributed by atoms with Gasteiger partial charge in [0, 0.05) is 5.56 Å². The Bertz CT molecular complexity index is 825. The lowest BCUT2D eigenvalue weighted by Gasteiger charge is -2.25. The first kappa shape index (κ1) is 23.6. The maximum absolute atomic E-state index is 12.6. The first-order chi connectivity index (χ1) is 14.2. The number of benzene rings is 2. The van der Waals surface area contributed by atoms with Crippen LogP contribution < -0.4 is 10.6 Å². The van der Waals surface area contributed by atoms with Crippen molar-refractivity contribution >= 4 is 18.9 Å². The van der Waals surface area contributed by atoms with E-state index in [0.29, 0.717) is 12.0 Å². The number of amides is 2. The average Bonchev–Trinajstić information content (AvgIpc) is 2.71. The van der Waals surface area contributed by atoms with E-state index in [-0.39, 0.29) is 5.92 Å². The zero-order chi connectivity index (χ0) is 22.3. The molecule has 0 aliphatic rings. The number of hydrogen-bond acceptors (Lipinski definition) is 5. The standard InChI is InChI=1S/C22H29BN2O5/c1-14(2)13-19(23(29)30)24-22(28)20(15(3)26)25-21(27)18-11-9-17(10-12-18)16-7-5-4-6-8-16/h4-12,14-15,19-20,26,29-30H,13H2,1-3H3,(H,24,28)(H,25,27)/t15-,19+,20+/m1/s1. The highest BCUT2D eigenvalue weighted by Crippen LogP contribution is 2.19. The van der Waals surface area contributed by atoms with Crippen molar-refractivity contribution in [2.75, 3.05) is 0 Å². The van der Waals surface area contributed by atoms with E-state index in [9.17, 15) is 24.7 Å². The number of carbonyl (C=O) groups excluding carboxylic acids is 2. The Balaban J connectivity index is 2.08. The van der Waals surface area contributed by atoms with Crippen molar-refractivity contribution in [2.45, 2.75) is 45.3 Å². The molecule has 0 aliphatic carbocycles. The van der Waals surface area contributed by atoms with Crippen LogP contribution in [-0.2, 0) is 4.79 Å². The highest BCUT2D eigenvalue weighted by Gasteiger charge is 2.32. The lowest BCUT2D eigenvalue weighted by atomic mass is 9.75. The molecule has 3 atom stereocenters. The second-order valence-corrected chi connectivity index (χ2v) is 7.79. The Labute approximate surface area is 177 Å². The molecular weight excluding hydrogens is 383 g/mol. The minimum Gasteiger partial charge on any atom is -0.426 e. The van der Waals surface area contributed by atoms with Crippen molar-refractivity contribution < 1.29 is 24.7 Å². The molecule has 2 rings (SSSR count). The number of rotatable bonds is 9. The second-order valence-electron chi connectivity index (χ2n) is 7.79. The van der Waals surface area contributed by atoms with E-state index in [4.69, 9.17) is 0 Å². The smallest absolute Gasteiger partial charge is 0.426 e. The van der Waals surface area contributed by atoms with E-state index < -0.39 is 37.0 Å². The minimum atomic E-state index is -1.74. The van der Waals surface area contributed by atoms with Gasteiger partial charge in [0.25, 0.3) is 5.91 Å². The van der Waals surface area contributed by atoms with E-state index in [1.54, 1.807) is 12.1 Å². The molecule has 0 unspecified atom stereocenters. The fourth-order valence-electron chi connectivity index (χ4n) is 3.11. The largest absolute Gasteiger partial charge is 0.475 e. The Morgan fingerprint density at radius 1 is 0.900 bits per heavy atom. The summed E-state index contributed by atoms with van der Waals surface area (Å²) in [6, 6.07) is 15.4. The van der Waals surface area contributed by atoms with Crippen LogP contribution in [0.1, 0.15) is 37.6 Å². The Kier molecular flexibility index (Phi) is 8.59. The molecule has 0 aliphatic heterocycles. The fraction of sp³-hybridized carbons (Fsp3) is 0.364. The normalized spacial score (nSPS) is 14.0. The zero-order valence-corrected chi connectivity index (χ0v) is 17.4. The summed E-state index contributed by atoms with van der Waals surface area (Å²) in [6.07, 6.45) is -0.835. The van der Waals surface area contributed by atoms with Gasteiger partial charge < -0.3 is 25.8 Å². The monoisotopic (exact) mass is 412 g/mol. The summed E-state index contributed by atoms with van der Waals surface area (Å²) in [5, 5.41) is 34.0. The molecule has 0 saturated heterocycles. The summed E-state index contributed by atoms with van der Waals surface area (Å²) in [4.78, 5) is 25.2. The lowest BCUT2D eigenvalue weighted by molar-refractivity contribution is -0.125. The van der Waals surface area contributed by atoms with Gasteiger partial charge in [0.2, 0.25) is 5.91 Å². The summed E-state index contributed by atoms with van der Waals surface area (Å²) in [5.41, 5.74) is 2.31. The molecule has 0 spiro atoms. The van der Waals surface area contributed by atoms with Crippen molar-refractivity contribution in [1.29, 1.82) is 0 Å². The fourth-order valence-corrected chi connectivity index (χ4v) is 3.11. The van der Waals surface area contributed by atoms with E-state index >= 15 is 0 Å². The predicted octanol–water partition coefficient (Wildman–Crippen LogP) is 1.38. The molecule has 160 valence electrons. The molecule has 8 heteroatoms. The van der Waals surface area contributed by atoms with E-state index in [1.807, 2.05) is 56.3 Å². The van der Waals surface area contributed by atoms with Crippen LogP contribution in [0.3, 0.4) is 0 Å². The third kappa shape index (κ3) is 6.69. The highest BCUT2D eigenvalue weighted by molar-refractivity contribution is 6.43. The maximum atomic E-state index is 12.6. The van der Waals surface area contributed by atoms with Crippen molar-refractivity contribution in [1.82, 2.24) is 10.6 Å². The highest BCUT2D eigenvalue weighted by atomic mass is 16.4. The SMILES string of the molecule is CC(C)C[C@H](NC(=O)[C@@H](NC(=O)c1ccc(-c2ccccc2)cc1)[C@@H](C)O)B(O)O. The summed E-state index contributed by atoms with van der Waals surface area (Å²) in [5.74, 6) is -1.99. The molecule has 0 saturated carbocycles. The Morgan fingerprint density at radius 2 is 1.47 bits per heavy atom. The van der Waals surface area contributed by atoms with Gasteiger partial charge in [0.05, 0.1) is 12.0 Å². The number of nitrogens with one attached hydrogen (secondary N) is 2. The summed E-state index contributed by atoms with van der Waals surface area (Å²) in [6.45, 7) is 5.15. The van der Waals surface area contributed by atoms with Gasteiger partial charge in [-0.05, 0) is 42.5 Å². The zero-order valence-electron chi connectivity index (χ0n) is 17.4. The molecule has 0 radical (unpaired) electrons. The molecule has 2 aromatic rings. The molecule has 0 fully saturated rings. The summed E-state index contributed by atoms with van der Waals surface area (Å²) < 4.78 is 0. The number of aliphatic hydroxyl groups is 1. The molecule has 7 nitrogen and oxygen atoms in total. The van der Waals surface area contributed by atoms with Crippen LogP contribution in [0.2, 0.25) is 0 Å². The van der Waals surface area contributed by atoms with Crippen LogP contribution >= 0.6 is 0 Å². The van der Waals surface area contributed by atoms with Gasteiger partial charge in [-0.3, -0.25) is 9.59 Å². The van der Waals surface area contributed by atoms with Crippen LogP contribution in [-0.4, -0.2) is 52.2 Å². The van der Waals surface area contributed by atoms with E-state index in [2.05, 4.69) is 10.6 Å². The van der Waals surface area contributed by atoms with E-state index in [0.717, 1.165) is 11.1 Å². The predicted molar refractivity (Wildman–Crippen MR) is 116 cm³/mol. The molecule has 5 N–H and O–H groups in total. The van der Waals surface area contributed by atoms with Crippen molar-refractivity contribution in [3.63, 3.8) is 0 Å². The van der Waals surface area contributed by atoms with Gasteiger partial charge in [-0.25, -0.2) is 0 Å². The van der Waals surface area contributed by atoms with Crippen molar-refractivity contribution in [3.05, 3.63) is 60.2 Å². The van der Waals surface area contributed by atoms with Crippen LogP contribution in [0.5, 0.6) is 0 Å². The maximum Gasteiger partial charge on any atom is 0.475 e.